The van der Waals surface area contributed by atoms with Gasteiger partial charge in [0.15, 0.2) is 0 Å². The zero-order chi connectivity index (χ0) is 24.7. The van der Waals surface area contributed by atoms with Gasteiger partial charge in [0, 0.05) is 42.9 Å². The van der Waals surface area contributed by atoms with Gasteiger partial charge in [0.05, 0.1) is 23.4 Å². The van der Waals surface area contributed by atoms with Crippen molar-refractivity contribution in [1.82, 2.24) is 14.8 Å². The van der Waals surface area contributed by atoms with Gasteiger partial charge in [0.1, 0.15) is 9.25 Å². The van der Waals surface area contributed by atoms with Crippen molar-refractivity contribution in [2.75, 3.05) is 44.6 Å². The van der Waals surface area contributed by atoms with Crippen LogP contribution in [0.2, 0.25) is 0 Å². The molecular weight excluding hydrogens is 499 g/mol. The van der Waals surface area contributed by atoms with E-state index in [4.69, 9.17) is 4.99 Å². The minimum atomic E-state index is -3.60. The van der Waals surface area contributed by atoms with E-state index in [1.54, 1.807) is 24.6 Å². The van der Waals surface area contributed by atoms with Crippen molar-refractivity contribution in [1.29, 1.82) is 0 Å². The van der Waals surface area contributed by atoms with Crippen LogP contribution in [-0.4, -0.2) is 85.9 Å². The van der Waals surface area contributed by atoms with E-state index in [-0.39, 0.29) is 0 Å². The van der Waals surface area contributed by atoms with Gasteiger partial charge in [0.2, 0.25) is 0 Å². The largest absolute Gasteiger partial charge is 0.351 e. The summed E-state index contributed by atoms with van der Waals surface area (Å²) in [6, 6.07) is 12.4. The molecule has 10 heteroatoms. The summed E-state index contributed by atoms with van der Waals surface area (Å²) in [5.41, 5.74) is 2.42. The molecule has 0 spiro atoms. The number of rotatable bonds is 7. The van der Waals surface area contributed by atoms with E-state index in [1.165, 1.54) is 15.6 Å². The molecule has 4 heterocycles. The van der Waals surface area contributed by atoms with Crippen LogP contribution < -0.4 is 4.31 Å². The number of hydrogen-bond donors (Lipinski definition) is 1. The molecule has 5 rings (SSSR count). The Morgan fingerprint density at radius 3 is 2.66 bits per heavy atom. The normalized spacial score (nSPS) is 24.2. The quantitative estimate of drug-likeness (QED) is 0.491. The Balaban J connectivity index is 1.28. The lowest BCUT2D eigenvalue weighted by Gasteiger charge is -2.42. The molecule has 0 bridgehead atoms. The zero-order valence-corrected chi connectivity index (χ0v) is 23.1. The number of aromatic nitrogens is 1. The van der Waals surface area contributed by atoms with E-state index < -0.39 is 10.0 Å². The first-order chi connectivity index (χ1) is 16.7. The number of thioether (sulfide) groups is 1. The predicted molar refractivity (Wildman–Crippen MR) is 149 cm³/mol. The van der Waals surface area contributed by atoms with Gasteiger partial charge in [0.25, 0.3) is 10.0 Å². The maximum Gasteiger partial charge on any atom is 0.273 e. The third kappa shape index (κ3) is 4.91. The minimum Gasteiger partial charge on any atom is -0.351 e. The lowest BCUT2D eigenvalue weighted by atomic mass is 10.1. The maximum absolute atomic E-state index is 13.1. The Labute approximate surface area is 216 Å². The second kappa shape index (κ2) is 9.89. The number of para-hydroxylation sites is 1. The highest BCUT2D eigenvalue weighted by Crippen LogP contribution is 2.34. The summed E-state index contributed by atoms with van der Waals surface area (Å²) in [7, 11) is 0.237. The van der Waals surface area contributed by atoms with Crippen molar-refractivity contribution >= 4 is 54.8 Å². The molecule has 3 atom stereocenters. The van der Waals surface area contributed by atoms with Gasteiger partial charge in [-0.25, -0.2) is 8.42 Å². The number of thiophene rings is 1. The number of hydrogen-bond acceptors (Lipinski definition) is 7. The number of sulfonamides is 1. The predicted octanol–water partition coefficient (Wildman–Crippen LogP) is 4.33. The van der Waals surface area contributed by atoms with Crippen molar-refractivity contribution in [2.24, 2.45) is 4.99 Å². The Kier molecular flexibility index (Phi) is 7.02. The number of aromatic amines is 1. The monoisotopic (exact) mass is 531 g/mol. The van der Waals surface area contributed by atoms with Crippen LogP contribution in [0.4, 0.5) is 5.69 Å². The molecule has 2 aliphatic heterocycles. The molecule has 1 N–H and O–H groups in total. The van der Waals surface area contributed by atoms with E-state index in [1.807, 2.05) is 30.0 Å². The molecule has 2 aliphatic rings. The molecule has 7 nitrogen and oxygen atoms in total. The van der Waals surface area contributed by atoms with Gasteiger partial charge in [-0.15, -0.1) is 11.3 Å². The van der Waals surface area contributed by atoms with E-state index in [2.05, 4.69) is 41.7 Å². The first kappa shape index (κ1) is 24.8. The standard InChI is InChI=1S/C25H33N5O2S3/c1-17-15-30(16-18(2)28(17)3)11-10-20-14-26-25(34-20)21-13-19-7-5-8-22(24(19)27-21)29(4)35(31,32)23-9-6-12-33-23/h5-9,12-13,17-18,20,27H,10-11,14-16H2,1-4H3. The average molecular weight is 532 g/mol. The molecular formula is C25H33N5O2S3. The average Bonchev–Trinajstić information content (AvgIpc) is 3.60. The van der Waals surface area contributed by atoms with Gasteiger partial charge in [-0.3, -0.25) is 14.2 Å². The molecule has 0 saturated carbocycles. The lowest BCUT2D eigenvalue weighted by molar-refractivity contribution is 0.0596. The number of likely N-dealkylation sites (N-methyl/N-ethyl adjacent to an activating group) is 1. The number of fused-ring (bicyclic) bond motifs is 1. The first-order valence-electron chi connectivity index (χ1n) is 12.0. The topological polar surface area (TPSA) is 72.0 Å². The molecule has 2 aromatic heterocycles. The Bertz CT molecular complexity index is 1310. The highest BCUT2D eigenvalue weighted by molar-refractivity contribution is 8.15. The molecule has 1 fully saturated rings. The Morgan fingerprint density at radius 1 is 1.17 bits per heavy atom. The van der Waals surface area contributed by atoms with Crippen LogP contribution in [0.25, 0.3) is 10.9 Å². The van der Waals surface area contributed by atoms with Crippen LogP contribution in [0.5, 0.6) is 0 Å². The lowest BCUT2D eigenvalue weighted by Crippen LogP contribution is -2.55. The van der Waals surface area contributed by atoms with Gasteiger partial charge in [-0.1, -0.05) is 30.0 Å². The van der Waals surface area contributed by atoms with Crippen LogP contribution in [0.3, 0.4) is 0 Å². The molecule has 0 radical (unpaired) electrons. The van der Waals surface area contributed by atoms with Crippen LogP contribution in [0, 0.1) is 0 Å². The van der Waals surface area contributed by atoms with E-state index in [0.29, 0.717) is 27.2 Å². The molecule has 3 unspecified atom stereocenters. The number of benzene rings is 1. The van der Waals surface area contributed by atoms with Crippen molar-refractivity contribution in [3.63, 3.8) is 0 Å². The minimum absolute atomic E-state index is 0.339. The van der Waals surface area contributed by atoms with E-state index in [9.17, 15) is 8.42 Å². The Hall–Kier alpha value is -1.85. The van der Waals surface area contributed by atoms with E-state index >= 15 is 0 Å². The summed E-state index contributed by atoms with van der Waals surface area (Å²) in [6.45, 7) is 8.79. The highest BCUT2D eigenvalue weighted by Gasteiger charge is 2.29. The summed E-state index contributed by atoms with van der Waals surface area (Å²) in [5.74, 6) is 0. The van der Waals surface area contributed by atoms with Crippen molar-refractivity contribution in [3.05, 3.63) is 47.5 Å². The van der Waals surface area contributed by atoms with Crippen LogP contribution >= 0.6 is 23.1 Å². The molecule has 1 aromatic carbocycles. The number of nitrogens with zero attached hydrogens (tertiary/aromatic N) is 4. The van der Waals surface area contributed by atoms with Gasteiger partial charge >= 0.3 is 0 Å². The third-order valence-corrected chi connectivity index (χ3v) is 11.7. The highest BCUT2D eigenvalue weighted by atomic mass is 32.2. The maximum atomic E-state index is 13.1. The fourth-order valence-corrected chi connectivity index (χ4v) is 8.37. The van der Waals surface area contributed by atoms with Crippen LogP contribution in [0.1, 0.15) is 26.0 Å². The summed E-state index contributed by atoms with van der Waals surface area (Å²) >= 11 is 3.07. The molecule has 35 heavy (non-hydrogen) atoms. The number of H-pyrrole nitrogens is 1. The van der Waals surface area contributed by atoms with Crippen molar-refractivity contribution < 1.29 is 8.42 Å². The molecule has 3 aromatic rings. The van der Waals surface area contributed by atoms with Crippen molar-refractivity contribution in [3.8, 4) is 0 Å². The third-order valence-electron chi connectivity index (χ3n) is 7.23. The number of nitrogens with one attached hydrogen (secondary N) is 1. The van der Waals surface area contributed by atoms with Crippen LogP contribution in [0.15, 0.2) is 51.0 Å². The second-order valence-corrected chi connectivity index (χ2v) is 14.1. The first-order valence-corrected chi connectivity index (χ1v) is 15.2. The van der Waals surface area contributed by atoms with Crippen LogP contribution in [-0.2, 0) is 10.0 Å². The van der Waals surface area contributed by atoms with Gasteiger partial charge < -0.3 is 9.88 Å². The molecule has 1 saturated heterocycles. The van der Waals surface area contributed by atoms with Crippen molar-refractivity contribution in [2.45, 2.75) is 41.8 Å². The second-order valence-electron chi connectivity index (χ2n) is 9.63. The van der Waals surface area contributed by atoms with Gasteiger partial charge in [-0.05, 0) is 57.4 Å². The molecule has 0 amide bonds. The summed E-state index contributed by atoms with van der Waals surface area (Å²) < 4.78 is 27.9. The smallest absolute Gasteiger partial charge is 0.273 e. The number of anilines is 1. The molecule has 188 valence electrons. The zero-order valence-electron chi connectivity index (χ0n) is 20.6. The number of aliphatic imine (C=N–C) groups is 1. The fourth-order valence-electron chi connectivity index (χ4n) is 4.93. The summed E-state index contributed by atoms with van der Waals surface area (Å²) in [5, 5.41) is 4.26. The van der Waals surface area contributed by atoms with Gasteiger partial charge in [-0.2, -0.15) is 0 Å². The summed E-state index contributed by atoms with van der Waals surface area (Å²) in [6.07, 6.45) is 1.12. The molecule has 0 aliphatic carbocycles. The Morgan fingerprint density at radius 2 is 1.94 bits per heavy atom. The SMILES string of the molecule is CC1CN(CCC2CN=C(c3cc4cccc(N(C)S(=O)(=O)c5cccs5)c4[nH]3)S2)CC(C)N1C. The summed E-state index contributed by atoms with van der Waals surface area (Å²) in [4.78, 5) is 13.4. The van der Waals surface area contributed by atoms with E-state index in [0.717, 1.165) is 54.2 Å². The fraction of sp³-hybridized carbons (Fsp3) is 0.480. The number of piperazine rings is 1.